The molecule has 154 valence electrons. The lowest BCUT2D eigenvalue weighted by molar-refractivity contribution is -0.274. The van der Waals surface area contributed by atoms with Crippen LogP contribution in [0, 0.1) is 0 Å². The van der Waals surface area contributed by atoms with Crippen LogP contribution in [-0.4, -0.2) is 43.3 Å². The summed E-state index contributed by atoms with van der Waals surface area (Å²) in [6.07, 6.45) is -1.70. The molecule has 2 N–H and O–H groups in total. The maximum absolute atomic E-state index is 12.1. The Bertz CT molecular complexity index is 702. The van der Waals surface area contributed by atoms with E-state index >= 15 is 0 Å². The first-order chi connectivity index (χ1) is 13.1. The Hall–Kier alpha value is -3.04. The summed E-state index contributed by atoms with van der Waals surface area (Å²) in [4.78, 5) is 34.9. The topological polar surface area (TPSA) is 93.7 Å². The van der Waals surface area contributed by atoms with Gasteiger partial charge in [0.25, 0.3) is 5.91 Å². The van der Waals surface area contributed by atoms with E-state index < -0.39 is 30.9 Å². The summed E-state index contributed by atoms with van der Waals surface area (Å²) < 4.78 is 44.7. The molecule has 0 spiro atoms. The van der Waals surface area contributed by atoms with Crippen molar-refractivity contribution < 1.29 is 37.0 Å². The molecule has 1 aromatic carbocycles. The predicted octanol–water partition coefficient (Wildman–Crippen LogP) is 2.17. The average Bonchev–Trinajstić information content (AvgIpc) is 2.62. The molecule has 0 unspecified atom stereocenters. The van der Waals surface area contributed by atoms with Gasteiger partial charge in [0, 0.05) is 12.6 Å². The van der Waals surface area contributed by atoms with Gasteiger partial charge in [0.05, 0.1) is 0 Å². The average molecular weight is 402 g/mol. The van der Waals surface area contributed by atoms with E-state index in [1.165, 1.54) is 25.1 Å². The Kier molecular flexibility index (Phi) is 9.00. The van der Waals surface area contributed by atoms with Crippen LogP contribution < -0.4 is 15.4 Å². The molecule has 0 aliphatic carbocycles. The number of carbonyl (C=O) groups is 3. The monoisotopic (exact) mass is 402 g/mol. The number of nitrogens with one attached hydrogen (secondary N) is 2. The maximum Gasteiger partial charge on any atom is 0.573 e. The van der Waals surface area contributed by atoms with E-state index in [1.54, 1.807) is 0 Å². The van der Waals surface area contributed by atoms with Crippen molar-refractivity contribution in [3.63, 3.8) is 0 Å². The Morgan fingerprint density at radius 3 is 2.39 bits per heavy atom. The summed E-state index contributed by atoms with van der Waals surface area (Å²) >= 11 is 0. The molecule has 0 aliphatic heterocycles. The van der Waals surface area contributed by atoms with Gasteiger partial charge in [-0.3, -0.25) is 9.59 Å². The molecule has 1 atom stereocenters. The fourth-order valence-electron chi connectivity index (χ4n) is 1.88. The van der Waals surface area contributed by atoms with Gasteiger partial charge in [0.1, 0.15) is 11.8 Å². The number of ether oxygens (including phenoxy) is 2. The molecular weight excluding hydrogens is 381 g/mol. The van der Waals surface area contributed by atoms with Crippen LogP contribution in [0.2, 0.25) is 0 Å². The lowest BCUT2D eigenvalue weighted by Crippen LogP contribution is -2.46. The maximum atomic E-state index is 12.1. The van der Waals surface area contributed by atoms with Gasteiger partial charge in [0.2, 0.25) is 5.91 Å². The van der Waals surface area contributed by atoms with Crippen LogP contribution in [0.3, 0.4) is 0 Å². The standard InChI is InChI=1S/C18H21F3N2O5/c1-3-10-22-17(26)12(2)23-15(24)11-27-16(25)9-6-13-4-7-14(8-5-13)28-18(19,20)21/h4-9,12H,3,10-11H2,1-2H3,(H,22,26)(H,23,24)/b9-6+/t12-/m1/s1. The molecule has 7 nitrogen and oxygen atoms in total. The summed E-state index contributed by atoms with van der Waals surface area (Å²) in [6.45, 7) is 3.30. The van der Waals surface area contributed by atoms with Crippen molar-refractivity contribution in [2.45, 2.75) is 32.7 Å². The van der Waals surface area contributed by atoms with E-state index in [1.807, 2.05) is 6.92 Å². The Balaban J connectivity index is 2.41. The number of esters is 1. The Morgan fingerprint density at radius 2 is 1.82 bits per heavy atom. The van der Waals surface area contributed by atoms with Crippen LogP contribution in [-0.2, 0) is 19.1 Å². The molecular formula is C18H21F3N2O5. The number of hydrogen-bond acceptors (Lipinski definition) is 5. The van der Waals surface area contributed by atoms with Crippen LogP contribution in [0.15, 0.2) is 30.3 Å². The zero-order valence-corrected chi connectivity index (χ0v) is 15.3. The number of alkyl halides is 3. The highest BCUT2D eigenvalue weighted by Crippen LogP contribution is 2.22. The molecule has 1 aromatic rings. The van der Waals surface area contributed by atoms with Gasteiger partial charge in [-0.05, 0) is 37.1 Å². The molecule has 1 rings (SSSR count). The summed E-state index contributed by atoms with van der Waals surface area (Å²) in [5, 5.41) is 5.00. The van der Waals surface area contributed by atoms with Crippen molar-refractivity contribution in [1.29, 1.82) is 0 Å². The van der Waals surface area contributed by atoms with E-state index in [2.05, 4.69) is 15.4 Å². The van der Waals surface area contributed by atoms with Crippen molar-refractivity contribution in [2.24, 2.45) is 0 Å². The van der Waals surface area contributed by atoms with Gasteiger partial charge in [-0.15, -0.1) is 13.2 Å². The fraction of sp³-hybridized carbons (Fsp3) is 0.389. The SMILES string of the molecule is CCCNC(=O)[C@@H](C)NC(=O)COC(=O)/C=C/c1ccc(OC(F)(F)F)cc1. The highest BCUT2D eigenvalue weighted by Gasteiger charge is 2.30. The number of halogens is 3. The highest BCUT2D eigenvalue weighted by molar-refractivity contribution is 5.91. The Morgan fingerprint density at radius 1 is 1.18 bits per heavy atom. The highest BCUT2D eigenvalue weighted by atomic mass is 19.4. The van der Waals surface area contributed by atoms with Crippen molar-refractivity contribution in [1.82, 2.24) is 10.6 Å². The van der Waals surface area contributed by atoms with Crippen LogP contribution in [0.25, 0.3) is 6.08 Å². The van der Waals surface area contributed by atoms with Crippen molar-refractivity contribution in [2.75, 3.05) is 13.2 Å². The fourth-order valence-corrected chi connectivity index (χ4v) is 1.88. The van der Waals surface area contributed by atoms with Crippen LogP contribution in [0.5, 0.6) is 5.75 Å². The minimum absolute atomic E-state index is 0.348. The first-order valence-corrected chi connectivity index (χ1v) is 8.38. The second-order valence-electron chi connectivity index (χ2n) is 5.64. The summed E-state index contributed by atoms with van der Waals surface area (Å²) in [6, 6.07) is 4.04. The second kappa shape index (κ2) is 11.0. The Labute approximate surface area is 159 Å². The molecule has 0 aliphatic rings. The predicted molar refractivity (Wildman–Crippen MR) is 94.0 cm³/mol. The van der Waals surface area contributed by atoms with E-state index in [0.717, 1.165) is 24.6 Å². The molecule has 10 heteroatoms. The van der Waals surface area contributed by atoms with E-state index in [9.17, 15) is 27.6 Å². The van der Waals surface area contributed by atoms with Crippen LogP contribution in [0.4, 0.5) is 13.2 Å². The van der Waals surface area contributed by atoms with Gasteiger partial charge in [-0.25, -0.2) is 4.79 Å². The molecule has 28 heavy (non-hydrogen) atoms. The summed E-state index contributed by atoms with van der Waals surface area (Å²) in [5.74, 6) is -2.20. The van der Waals surface area contributed by atoms with Gasteiger partial charge in [-0.2, -0.15) is 0 Å². The molecule has 0 saturated heterocycles. The number of hydrogen-bond donors (Lipinski definition) is 2. The number of benzene rings is 1. The van der Waals surface area contributed by atoms with Crippen LogP contribution >= 0.6 is 0 Å². The molecule has 0 saturated carbocycles. The van der Waals surface area contributed by atoms with Gasteiger partial charge < -0.3 is 20.1 Å². The lowest BCUT2D eigenvalue weighted by Gasteiger charge is -2.13. The van der Waals surface area contributed by atoms with Crippen LogP contribution in [0.1, 0.15) is 25.8 Å². The first-order valence-electron chi connectivity index (χ1n) is 8.38. The molecule has 0 radical (unpaired) electrons. The summed E-state index contributed by atoms with van der Waals surface area (Å²) in [5.41, 5.74) is 0.428. The van der Waals surface area contributed by atoms with Crippen molar-refractivity contribution in [3.8, 4) is 5.75 Å². The third-order valence-electron chi connectivity index (χ3n) is 3.19. The minimum Gasteiger partial charge on any atom is -0.452 e. The number of rotatable bonds is 9. The quantitative estimate of drug-likeness (QED) is 0.488. The lowest BCUT2D eigenvalue weighted by atomic mass is 10.2. The minimum atomic E-state index is -4.78. The third-order valence-corrected chi connectivity index (χ3v) is 3.19. The third kappa shape index (κ3) is 9.60. The van der Waals surface area contributed by atoms with E-state index in [0.29, 0.717) is 12.1 Å². The summed E-state index contributed by atoms with van der Waals surface area (Å²) in [7, 11) is 0. The zero-order chi connectivity index (χ0) is 21.2. The van der Waals surface area contributed by atoms with E-state index in [-0.39, 0.29) is 11.7 Å². The van der Waals surface area contributed by atoms with E-state index in [4.69, 9.17) is 4.74 Å². The molecule has 0 fully saturated rings. The molecule has 0 bridgehead atoms. The smallest absolute Gasteiger partial charge is 0.452 e. The largest absolute Gasteiger partial charge is 0.573 e. The van der Waals surface area contributed by atoms with Crippen molar-refractivity contribution >= 4 is 23.9 Å². The van der Waals surface area contributed by atoms with Gasteiger partial charge >= 0.3 is 12.3 Å². The number of carbonyl (C=O) groups excluding carboxylic acids is 3. The normalized spacial score (nSPS) is 12.3. The molecule has 0 heterocycles. The van der Waals surface area contributed by atoms with Crippen molar-refractivity contribution in [3.05, 3.63) is 35.9 Å². The molecule has 0 aromatic heterocycles. The first kappa shape index (κ1) is 23.0. The number of amides is 2. The van der Waals surface area contributed by atoms with Gasteiger partial charge in [0.15, 0.2) is 6.61 Å². The molecule has 2 amide bonds. The second-order valence-corrected chi connectivity index (χ2v) is 5.64. The zero-order valence-electron chi connectivity index (χ0n) is 15.3. The van der Waals surface area contributed by atoms with Gasteiger partial charge in [-0.1, -0.05) is 19.1 Å².